The van der Waals surface area contributed by atoms with Gasteiger partial charge in [-0.1, -0.05) is 279 Å². The van der Waals surface area contributed by atoms with E-state index in [-0.39, 0.29) is 25.7 Å². The number of aliphatic hydroxyl groups is 1. The fourth-order valence-electron chi connectivity index (χ4n) is 9.76. The van der Waals surface area contributed by atoms with E-state index in [1.165, 1.54) is 141 Å². The van der Waals surface area contributed by atoms with Gasteiger partial charge in [-0.25, -0.2) is 9.13 Å². The van der Waals surface area contributed by atoms with Crippen molar-refractivity contribution in [1.29, 1.82) is 0 Å². The van der Waals surface area contributed by atoms with Crippen LogP contribution in [-0.4, -0.2) is 96.7 Å². The Balaban J connectivity index is 5.14. The van der Waals surface area contributed by atoms with Gasteiger partial charge < -0.3 is 33.8 Å². The maximum Gasteiger partial charge on any atom is 0.472 e. The van der Waals surface area contributed by atoms with Crippen LogP contribution in [0.2, 0.25) is 0 Å². The topological polar surface area (TPSA) is 237 Å². The molecule has 0 bridgehead atoms. The van der Waals surface area contributed by atoms with Crippen molar-refractivity contribution in [2.45, 2.75) is 348 Å². The average Bonchev–Trinajstić information content (AvgIpc) is 3.51. The summed E-state index contributed by atoms with van der Waals surface area (Å²) in [5.41, 5.74) is 0. The number of unbranched alkanes of at least 4 members (excludes halogenated alkanes) is 37. The minimum atomic E-state index is -4.94. The van der Waals surface area contributed by atoms with Crippen LogP contribution in [-0.2, 0) is 65.4 Å². The number of hydrogen-bond acceptors (Lipinski definition) is 15. The molecule has 0 aromatic rings. The summed E-state index contributed by atoms with van der Waals surface area (Å²) in [5.74, 6) is -1.35. The highest BCUT2D eigenvalue weighted by Gasteiger charge is 2.30. The lowest BCUT2D eigenvalue weighted by atomic mass is 10.0. The summed E-state index contributed by atoms with van der Waals surface area (Å²) in [4.78, 5) is 71.9. The highest BCUT2D eigenvalue weighted by Crippen LogP contribution is 2.45. The molecule has 0 aliphatic heterocycles. The summed E-state index contributed by atoms with van der Waals surface area (Å²) >= 11 is 0. The molecule has 0 radical (unpaired) electrons. The van der Waals surface area contributed by atoms with E-state index in [1.54, 1.807) is 0 Å². The molecular weight excluding hydrogens is 1110 g/mol. The van der Waals surface area contributed by atoms with Gasteiger partial charge in [0.15, 0.2) is 12.2 Å². The van der Waals surface area contributed by atoms with Crippen molar-refractivity contribution in [3.63, 3.8) is 0 Å². The third-order valence-electron chi connectivity index (χ3n) is 15.0. The standard InChI is InChI=1S/C65H126O17P2/c1-6-9-12-15-17-19-20-21-25-28-31-35-39-44-49-63(68)76-55-61(82-65(70)51-46-41-36-32-29-26-23-22-24-27-30-33-38-42-47-58(4)5)57-80-84(73,74)78-53-59(66)52-77-83(71,72)79-56-60(54-75-62(67)48-43-37-14-11-8-3)81-64(69)50-45-40-34-18-16-13-10-7-2/h58-61,66H,6-57H2,1-5H3,(H,71,72)(H,73,74)/t59-,60+,61+/m0/s1. The van der Waals surface area contributed by atoms with Crippen LogP contribution in [0.3, 0.4) is 0 Å². The fraction of sp³-hybridized carbons (Fsp3) is 0.938. The smallest absolute Gasteiger partial charge is 0.462 e. The number of phosphoric acid groups is 2. The van der Waals surface area contributed by atoms with Crippen molar-refractivity contribution < 1.29 is 80.2 Å². The summed E-state index contributed by atoms with van der Waals surface area (Å²) in [6, 6.07) is 0. The Kier molecular flexibility index (Phi) is 57.4. The number of hydrogen-bond donors (Lipinski definition) is 3. The monoisotopic (exact) mass is 1240 g/mol. The molecular formula is C65H126O17P2. The fourth-order valence-corrected chi connectivity index (χ4v) is 11.3. The Labute approximate surface area is 511 Å². The molecule has 0 heterocycles. The number of esters is 4. The summed E-state index contributed by atoms with van der Waals surface area (Å²) in [7, 11) is -9.88. The maximum absolute atomic E-state index is 13.0. The Bertz CT molecular complexity index is 1640. The molecule has 0 aliphatic rings. The maximum atomic E-state index is 13.0. The summed E-state index contributed by atoms with van der Waals surface area (Å²) in [6.07, 6.45) is 43.5. The first-order chi connectivity index (χ1) is 40.5. The number of carbonyl (C=O) groups excluding carboxylic acids is 4. The molecule has 0 fully saturated rings. The molecule has 0 saturated heterocycles. The minimum absolute atomic E-state index is 0.104. The van der Waals surface area contributed by atoms with Gasteiger partial charge in [0.25, 0.3) is 0 Å². The summed E-state index contributed by atoms with van der Waals surface area (Å²) < 4.78 is 67.8. The second kappa shape index (κ2) is 58.7. The normalized spacial score (nSPS) is 14.2. The largest absolute Gasteiger partial charge is 0.472 e. The van der Waals surface area contributed by atoms with Crippen LogP contribution >= 0.6 is 15.6 Å². The highest BCUT2D eigenvalue weighted by molar-refractivity contribution is 7.47. The summed E-state index contributed by atoms with van der Waals surface area (Å²) in [6.45, 7) is 7.12. The number of ether oxygens (including phenoxy) is 4. The number of aliphatic hydroxyl groups excluding tert-OH is 1. The van der Waals surface area contributed by atoms with Crippen molar-refractivity contribution in [2.75, 3.05) is 39.6 Å². The van der Waals surface area contributed by atoms with Gasteiger partial charge in [-0.15, -0.1) is 0 Å². The van der Waals surface area contributed by atoms with Gasteiger partial charge in [0.05, 0.1) is 26.4 Å². The van der Waals surface area contributed by atoms with Crippen LogP contribution in [0.4, 0.5) is 0 Å². The molecule has 0 amide bonds. The van der Waals surface area contributed by atoms with Crippen molar-refractivity contribution >= 4 is 39.5 Å². The molecule has 3 N–H and O–H groups in total. The number of phosphoric ester groups is 2. The first kappa shape index (κ1) is 82.1. The molecule has 84 heavy (non-hydrogen) atoms. The van der Waals surface area contributed by atoms with E-state index in [0.29, 0.717) is 25.7 Å². The van der Waals surface area contributed by atoms with Crippen LogP contribution in [0.1, 0.15) is 330 Å². The molecule has 2 unspecified atom stereocenters. The predicted molar refractivity (Wildman–Crippen MR) is 335 cm³/mol. The SMILES string of the molecule is CCCCCCCCCCCCCCCCC(=O)OC[C@H](COP(=O)(O)OC[C@@H](O)COP(=O)(O)OC[C@@H](COC(=O)CCCCCCC)OC(=O)CCCCCCCCCC)OC(=O)CCCCCCCCCCCCCCCCC(C)C. The molecule has 0 aliphatic carbocycles. The predicted octanol–water partition coefficient (Wildman–Crippen LogP) is 18.2. The van der Waals surface area contributed by atoms with Gasteiger partial charge in [0.2, 0.25) is 0 Å². The molecule has 0 aromatic heterocycles. The zero-order valence-corrected chi connectivity index (χ0v) is 55.8. The van der Waals surface area contributed by atoms with Gasteiger partial charge in [-0.2, -0.15) is 0 Å². The zero-order valence-electron chi connectivity index (χ0n) is 54.0. The van der Waals surface area contributed by atoms with E-state index in [0.717, 1.165) is 109 Å². The van der Waals surface area contributed by atoms with Crippen molar-refractivity contribution in [1.82, 2.24) is 0 Å². The second-order valence-corrected chi connectivity index (χ2v) is 26.9. The Morgan fingerprint density at radius 1 is 0.321 bits per heavy atom. The molecule has 0 aromatic carbocycles. The number of carbonyl (C=O) groups is 4. The highest BCUT2D eigenvalue weighted by atomic mass is 31.2. The van der Waals surface area contributed by atoms with Gasteiger partial charge in [-0.3, -0.25) is 37.3 Å². The Morgan fingerprint density at radius 3 is 0.810 bits per heavy atom. The van der Waals surface area contributed by atoms with E-state index in [2.05, 4.69) is 34.6 Å². The molecule has 498 valence electrons. The van der Waals surface area contributed by atoms with Crippen LogP contribution in [0, 0.1) is 5.92 Å². The van der Waals surface area contributed by atoms with Crippen LogP contribution in [0.25, 0.3) is 0 Å². The number of rotatable bonds is 65. The van der Waals surface area contributed by atoms with Gasteiger partial charge in [0.1, 0.15) is 19.3 Å². The first-order valence-corrected chi connectivity index (χ1v) is 37.1. The van der Waals surface area contributed by atoms with Gasteiger partial charge in [0, 0.05) is 25.7 Å². The van der Waals surface area contributed by atoms with E-state index >= 15 is 0 Å². The van der Waals surface area contributed by atoms with E-state index in [1.807, 2.05) is 0 Å². The van der Waals surface area contributed by atoms with E-state index in [9.17, 15) is 43.2 Å². The minimum Gasteiger partial charge on any atom is -0.462 e. The molecule has 0 rings (SSSR count). The van der Waals surface area contributed by atoms with Gasteiger partial charge in [-0.05, 0) is 31.6 Å². The lowest BCUT2D eigenvalue weighted by Gasteiger charge is -2.21. The van der Waals surface area contributed by atoms with Crippen molar-refractivity contribution in [3.05, 3.63) is 0 Å². The Morgan fingerprint density at radius 2 is 0.548 bits per heavy atom. The average molecular weight is 1240 g/mol. The third-order valence-corrected chi connectivity index (χ3v) is 16.9. The molecule has 0 spiro atoms. The molecule has 17 nitrogen and oxygen atoms in total. The lowest BCUT2D eigenvalue weighted by molar-refractivity contribution is -0.161. The van der Waals surface area contributed by atoms with Crippen molar-refractivity contribution in [3.8, 4) is 0 Å². The quantitative estimate of drug-likeness (QED) is 0.0222. The Hall–Kier alpha value is -1.94. The zero-order chi connectivity index (χ0) is 62.0. The molecule has 0 saturated carbocycles. The second-order valence-electron chi connectivity index (χ2n) is 24.0. The van der Waals surface area contributed by atoms with Crippen LogP contribution in [0.15, 0.2) is 0 Å². The van der Waals surface area contributed by atoms with Crippen molar-refractivity contribution in [2.24, 2.45) is 5.92 Å². The molecule has 5 atom stereocenters. The molecule has 19 heteroatoms. The first-order valence-electron chi connectivity index (χ1n) is 34.1. The van der Waals surface area contributed by atoms with Gasteiger partial charge >= 0.3 is 39.5 Å². The van der Waals surface area contributed by atoms with Crippen LogP contribution in [0.5, 0.6) is 0 Å². The van der Waals surface area contributed by atoms with E-state index < -0.39 is 97.5 Å². The summed E-state index contributed by atoms with van der Waals surface area (Å²) in [5, 5.41) is 10.5. The van der Waals surface area contributed by atoms with E-state index in [4.69, 9.17) is 37.0 Å². The lowest BCUT2D eigenvalue weighted by Crippen LogP contribution is -2.30. The van der Waals surface area contributed by atoms with Crippen LogP contribution < -0.4 is 0 Å². The third kappa shape index (κ3) is 59.0.